The van der Waals surface area contributed by atoms with Crippen LogP contribution in [0.3, 0.4) is 0 Å². The van der Waals surface area contributed by atoms with E-state index in [2.05, 4.69) is 52.8 Å². The lowest BCUT2D eigenvalue weighted by atomic mass is 10.1. The second-order valence-electron chi connectivity index (χ2n) is 6.24. The van der Waals surface area contributed by atoms with Crippen LogP contribution >= 0.6 is 0 Å². The van der Waals surface area contributed by atoms with Crippen molar-refractivity contribution in [2.45, 2.75) is 32.9 Å². The van der Waals surface area contributed by atoms with Crippen molar-refractivity contribution in [3.63, 3.8) is 0 Å². The number of fused-ring (bicyclic) bond motifs is 1. The number of imidazole rings is 1. The van der Waals surface area contributed by atoms with Crippen molar-refractivity contribution < 1.29 is 0 Å². The van der Waals surface area contributed by atoms with Crippen LogP contribution in [0.25, 0.3) is 16.6 Å². The molecule has 1 aromatic carbocycles. The van der Waals surface area contributed by atoms with Gasteiger partial charge in [0.25, 0.3) is 0 Å². The molecule has 0 aliphatic rings. The van der Waals surface area contributed by atoms with Crippen LogP contribution in [0.5, 0.6) is 0 Å². The lowest BCUT2D eigenvalue weighted by molar-refractivity contribution is 0.419. The maximum Gasteiger partial charge on any atom is 0.0995 e. The molecule has 2 heterocycles. The molecule has 3 rings (SSSR count). The summed E-state index contributed by atoms with van der Waals surface area (Å²) in [5, 5.41) is 4.63. The van der Waals surface area contributed by atoms with Gasteiger partial charge in [-0.05, 0) is 32.9 Å². The normalized spacial score (nSPS) is 12.0. The Morgan fingerprint density at radius 3 is 2.76 bits per heavy atom. The van der Waals surface area contributed by atoms with Gasteiger partial charge in [0.1, 0.15) is 0 Å². The summed E-state index contributed by atoms with van der Waals surface area (Å²) in [6, 6.07) is 10.3. The van der Waals surface area contributed by atoms with Crippen LogP contribution in [0.2, 0.25) is 0 Å². The van der Waals surface area contributed by atoms with Crippen LogP contribution in [-0.4, -0.2) is 20.1 Å². The first-order chi connectivity index (χ1) is 10.0. The Labute approximate surface area is 124 Å². The molecule has 0 aliphatic heterocycles. The first-order valence-electron chi connectivity index (χ1n) is 7.14. The molecule has 1 N–H and O–H groups in total. The average molecular weight is 280 g/mol. The lowest BCUT2D eigenvalue weighted by Crippen LogP contribution is -2.35. The zero-order chi connectivity index (χ0) is 14.9. The van der Waals surface area contributed by atoms with Gasteiger partial charge in [0.2, 0.25) is 0 Å². The van der Waals surface area contributed by atoms with Gasteiger partial charge in [-0.3, -0.25) is 4.98 Å². The smallest absolute Gasteiger partial charge is 0.0995 e. The molecule has 108 valence electrons. The predicted molar refractivity (Wildman–Crippen MR) is 85.5 cm³/mol. The molecular formula is C17H20N4. The summed E-state index contributed by atoms with van der Waals surface area (Å²) in [6.07, 6.45) is 5.63. The van der Waals surface area contributed by atoms with Crippen LogP contribution in [0.15, 0.2) is 49.1 Å². The SMILES string of the molecule is CC(C)(C)NCc1cncn1-c1cnc2ccccc2c1. The molecule has 0 atom stereocenters. The highest BCUT2D eigenvalue weighted by atomic mass is 15.1. The predicted octanol–water partition coefficient (Wildman–Crippen LogP) is 3.31. The van der Waals surface area contributed by atoms with E-state index < -0.39 is 0 Å². The van der Waals surface area contributed by atoms with E-state index >= 15 is 0 Å². The minimum absolute atomic E-state index is 0.0801. The van der Waals surface area contributed by atoms with E-state index in [1.165, 1.54) is 0 Å². The highest BCUT2D eigenvalue weighted by Crippen LogP contribution is 2.17. The Morgan fingerprint density at radius 2 is 1.95 bits per heavy atom. The van der Waals surface area contributed by atoms with Gasteiger partial charge in [-0.15, -0.1) is 0 Å². The Morgan fingerprint density at radius 1 is 1.14 bits per heavy atom. The maximum atomic E-state index is 4.52. The highest BCUT2D eigenvalue weighted by Gasteiger charge is 2.11. The minimum atomic E-state index is 0.0801. The van der Waals surface area contributed by atoms with Gasteiger partial charge in [0, 0.05) is 23.7 Å². The fourth-order valence-corrected chi connectivity index (χ4v) is 2.23. The molecular weight excluding hydrogens is 260 g/mol. The van der Waals surface area contributed by atoms with Gasteiger partial charge < -0.3 is 9.88 Å². The third-order valence-corrected chi connectivity index (χ3v) is 3.37. The van der Waals surface area contributed by atoms with Crippen LogP contribution in [0, 0.1) is 0 Å². The fourth-order valence-electron chi connectivity index (χ4n) is 2.23. The Balaban J connectivity index is 1.94. The van der Waals surface area contributed by atoms with Gasteiger partial charge in [-0.1, -0.05) is 18.2 Å². The van der Waals surface area contributed by atoms with Gasteiger partial charge >= 0.3 is 0 Å². The number of nitrogens with zero attached hydrogens (tertiary/aromatic N) is 3. The highest BCUT2D eigenvalue weighted by molar-refractivity contribution is 5.80. The minimum Gasteiger partial charge on any atom is -0.306 e. The number of rotatable bonds is 3. The molecule has 2 aromatic heterocycles. The third kappa shape index (κ3) is 3.11. The van der Waals surface area contributed by atoms with Crippen molar-refractivity contribution >= 4 is 10.9 Å². The third-order valence-electron chi connectivity index (χ3n) is 3.37. The maximum absolute atomic E-state index is 4.52. The standard InChI is InChI=1S/C17H20N4/c1-17(2,3)20-11-15-9-18-12-21(15)14-8-13-6-4-5-7-16(13)19-10-14/h4-10,12,20H,11H2,1-3H3. The molecule has 4 nitrogen and oxygen atoms in total. The van der Waals surface area contributed by atoms with Crippen LogP contribution < -0.4 is 5.32 Å². The van der Waals surface area contributed by atoms with Crippen LogP contribution in [0.1, 0.15) is 26.5 Å². The lowest BCUT2D eigenvalue weighted by Gasteiger charge is -2.21. The van der Waals surface area contributed by atoms with E-state index in [1.54, 1.807) is 0 Å². The van der Waals surface area contributed by atoms with E-state index in [-0.39, 0.29) is 5.54 Å². The topological polar surface area (TPSA) is 42.7 Å². The second-order valence-corrected chi connectivity index (χ2v) is 6.24. The Hall–Kier alpha value is -2.20. The molecule has 0 aliphatic carbocycles. The monoisotopic (exact) mass is 280 g/mol. The quantitative estimate of drug-likeness (QED) is 0.800. The number of benzene rings is 1. The molecule has 3 aromatic rings. The molecule has 0 bridgehead atoms. The second kappa shape index (κ2) is 5.30. The molecule has 0 unspecified atom stereocenters. The Kier molecular flexibility index (Phi) is 3.47. The van der Waals surface area contributed by atoms with Crippen molar-refractivity contribution in [1.82, 2.24) is 19.9 Å². The molecule has 0 saturated carbocycles. The van der Waals surface area contributed by atoms with Gasteiger partial charge in [-0.2, -0.15) is 0 Å². The van der Waals surface area contributed by atoms with Gasteiger partial charge in [0.05, 0.1) is 29.4 Å². The van der Waals surface area contributed by atoms with E-state index in [0.717, 1.165) is 28.8 Å². The Bertz CT molecular complexity index is 753. The van der Waals surface area contributed by atoms with Crippen LogP contribution in [-0.2, 0) is 6.54 Å². The van der Waals surface area contributed by atoms with Crippen LogP contribution in [0.4, 0.5) is 0 Å². The van der Waals surface area contributed by atoms with Crippen molar-refractivity contribution in [3.8, 4) is 5.69 Å². The summed E-state index contributed by atoms with van der Waals surface area (Å²) >= 11 is 0. The summed E-state index contributed by atoms with van der Waals surface area (Å²) in [6.45, 7) is 7.25. The number of aromatic nitrogens is 3. The summed E-state index contributed by atoms with van der Waals surface area (Å²) in [7, 11) is 0. The van der Waals surface area contributed by atoms with E-state index in [9.17, 15) is 0 Å². The van der Waals surface area contributed by atoms with Crippen molar-refractivity contribution in [1.29, 1.82) is 0 Å². The number of hydrogen-bond donors (Lipinski definition) is 1. The zero-order valence-electron chi connectivity index (χ0n) is 12.7. The van der Waals surface area contributed by atoms with Gasteiger partial charge in [-0.25, -0.2) is 4.98 Å². The molecule has 21 heavy (non-hydrogen) atoms. The van der Waals surface area contributed by atoms with E-state index in [0.29, 0.717) is 0 Å². The molecule has 0 amide bonds. The average Bonchev–Trinajstić information content (AvgIpc) is 2.92. The van der Waals surface area contributed by atoms with Crippen molar-refractivity contribution in [2.24, 2.45) is 0 Å². The van der Waals surface area contributed by atoms with E-state index in [1.807, 2.05) is 36.9 Å². The number of para-hydroxylation sites is 1. The first-order valence-corrected chi connectivity index (χ1v) is 7.14. The summed E-state index contributed by atoms with van der Waals surface area (Å²) < 4.78 is 2.08. The molecule has 4 heteroatoms. The van der Waals surface area contributed by atoms with Crippen molar-refractivity contribution in [2.75, 3.05) is 0 Å². The first kappa shape index (κ1) is 13.8. The van der Waals surface area contributed by atoms with E-state index in [4.69, 9.17) is 0 Å². The molecule has 0 saturated heterocycles. The summed E-state index contributed by atoms with van der Waals surface area (Å²) in [4.78, 5) is 8.79. The number of nitrogens with one attached hydrogen (secondary N) is 1. The summed E-state index contributed by atoms with van der Waals surface area (Å²) in [5.41, 5.74) is 3.26. The molecule has 0 fully saturated rings. The fraction of sp³-hybridized carbons (Fsp3) is 0.294. The number of pyridine rings is 1. The largest absolute Gasteiger partial charge is 0.306 e. The van der Waals surface area contributed by atoms with Crippen molar-refractivity contribution in [3.05, 3.63) is 54.7 Å². The zero-order valence-corrected chi connectivity index (χ0v) is 12.7. The molecule has 0 radical (unpaired) electrons. The molecule has 0 spiro atoms. The number of hydrogen-bond acceptors (Lipinski definition) is 3. The summed E-state index contributed by atoms with van der Waals surface area (Å²) in [5.74, 6) is 0. The van der Waals surface area contributed by atoms with Gasteiger partial charge in [0.15, 0.2) is 0 Å².